The summed E-state index contributed by atoms with van der Waals surface area (Å²) >= 11 is 0. The van der Waals surface area contributed by atoms with Gasteiger partial charge in [-0.05, 0) is 13.3 Å². The summed E-state index contributed by atoms with van der Waals surface area (Å²) in [5, 5.41) is 0. The Balaban J connectivity index is 2.70. The molecule has 1 amide bonds. The fourth-order valence-corrected chi connectivity index (χ4v) is 1.78. The predicted octanol–water partition coefficient (Wildman–Crippen LogP) is 2.06. The van der Waals surface area contributed by atoms with Crippen LogP contribution in [0, 0.1) is 5.41 Å². The van der Waals surface area contributed by atoms with Crippen molar-refractivity contribution in [2.45, 2.75) is 53.2 Å². The van der Waals surface area contributed by atoms with Gasteiger partial charge in [0.25, 0.3) is 0 Å². The zero-order valence-corrected chi connectivity index (χ0v) is 10.5. The van der Waals surface area contributed by atoms with Gasteiger partial charge in [-0.25, -0.2) is 0 Å². The molecule has 1 saturated heterocycles. The van der Waals surface area contributed by atoms with Crippen molar-refractivity contribution in [2.24, 2.45) is 5.41 Å². The van der Waals surface area contributed by atoms with Crippen molar-refractivity contribution in [1.82, 2.24) is 4.90 Å². The number of carbonyl (C=O) groups is 1. The molecule has 0 radical (unpaired) electrons. The largest absolute Gasteiger partial charge is 0.374 e. The molecule has 1 aliphatic heterocycles. The summed E-state index contributed by atoms with van der Waals surface area (Å²) in [5.41, 5.74) is -0.288. The SMILES string of the molecule is CCC1CN(C(=O)C(C)(C)C)C(C)CO1. The molecule has 2 unspecified atom stereocenters. The van der Waals surface area contributed by atoms with Crippen LogP contribution in [0.2, 0.25) is 0 Å². The quantitative estimate of drug-likeness (QED) is 0.667. The molecule has 1 heterocycles. The lowest BCUT2D eigenvalue weighted by Gasteiger charge is -2.40. The number of hydrogen-bond acceptors (Lipinski definition) is 2. The van der Waals surface area contributed by atoms with Gasteiger partial charge in [0.05, 0.1) is 18.8 Å². The van der Waals surface area contributed by atoms with E-state index in [4.69, 9.17) is 4.74 Å². The molecular weight excluding hydrogens is 190 g/mol. The van der Waals surface area contributed by atoms with Crippen LogP contribution in [0.3, 0.4) is 0 Å². The smallest absolute Gasteiger partial charge is 0.228 e. The Hall–Kier alpha value is -0.570. The van der Waals surface area contributed by atoms with Crippen LogP contribution in [0.5, 0.6) is 0 Å². The van der Waals surface area contributed by atoms with Crippen molar-refractivity contribution < 1.29 is 9.53 Å². The van der Waals surface area contributed by atoms with Crippen molar-refractivity contribution in [3.05, 3.63) is 0 Å². The van der Waals surface area contributed by atoms with E-state index >= 15 is 0 Å². The van der Waals surface area contributed by atoms with Gasteiger partial charge in [-0.1, -0.05) is 27.7 Å². The van der Waals surface area contributed by atoms with E-state index in [1.54, 1.807) is 0 Å². The maximum atomic E-state index is 12.2. The minimum absolute atomic E-state index is 0.208. The second-order valence-electron chi connectivity index (χ2n) is 5.42. The van der Waals surface area contributed by atoms with E-state index in [9.17, 15) is 4.79 Å². The Morgan fingerprint density at radius 2 is 2.07 bits per heavy atom. The van der Waals surface area contributed by atoms with Crippen LogP contribution < -0.4 is 0 Å². The van der Waals surface area contributed by atoms with Gasteiger partial charge in [0.2, 0.25) is 5.91 Å². The normalized spacial score (nSPS) is 27.9. The summed E-state index contributed by atoms with van der Waals surface area (Å²) < 4.78 is 5.64. The summed E-state index contributed by atoms with van der Waals surface area (Å²) in [7, 11) is 0. The lowest BCUT2D eigenvalue weighted by atomic mass is 9.93. The first-order valence-electron chi connectivity index (χ1n) is 5.79. The highest BCUT2D eigenvalue weighted by molar-refractivity contribution is 5.81. The third-order valence-electron chi connectivity index (χ3n) is 2.86. The van der Waals surface area contributed by atoms with Gasteiger partial charge < -0.3 is 9.64 Å². The summed E-state index contributed by atoms with van der Waals surface area (Å²) in [6.07, 6.45) is 1.19. The topological polar surface area (TPSA) is 29.5 Å². The molecule has 0 N–H and O–H groups in total. The Morgan fingerprint density at radius 3 is 2.53 bits per heavy atom. The fourth-order valence-electron chi connectivity index (χ4n) is 1.78. The van der Waals surface area contributed by atoms with Gasteiger partial charge in [-0.3, -0.25) is 4.79 Å². The molecule has 3 nitrogen and oxygen atoms in total. The van der Waals surface area contributed by atoms with E-state index in [-0.39, 0.29) is 23.5 Å². The third kappa shape index (κ3) is 2.94. The summed E-state index contributed by atoms with van der Waals surface area (Å²) in [6, 6.07) is 0.208. The Morgan fingerprint density at radius 1 is 1.47 bits per heavy atom. The second-order valence-corrected chi connectivity index (χ2v) is 5.42. The van der Waals surface area contributed by atoms with Crippen LogP contribution in [-0.2, 0) is 9.53 Å². The number of nitrogens with zero attached hydrogens (tertiary/aromatic N) is 1. The van der Waals surface area contributed by atoms with E-state index in [0.717, 1.165) is 13.0 Å². The molecule has 15 heavy (non-hydrogen) atoms. The number of rotatable bonds is 1. The minimum atomic E-state index is -0.288. The van der Waals surface area contributed by atoms with Crippen LogP contribution in [0.25, 0.3) is 0 Å². The molecule has 1 aliphatic rings. The lowest BCUT2D eigenvalue weighted by Crippen LogP contribution is -2.53. The maximum Gasteiger partial charge on any atom is 0.228 e. The zero-order chi connectivity index (χ0) is 11.6. The average Bonchev–Trinajstić information content (AvgIpc) is 2.16. The summed E-state index contributed by atoms with van der Waals surface area (Å²) in [4.78, 5) is 14.1. The number of carbonyl (C=O) groups excluding carboxylic acids is 1. The van der Waals surface area contributed by atoms with Crippen molar-refractivity contribution in [1.29, 1.82) is 0 Å². The number of hydrogen-bond donors (Lipinski definition) is 0. The molecule has 0 saturated carbocycles. The Labute approximate surface area is 92.8 Å². The molecule has 0 aromatic rings. The van der Waals surface area contributed by atoms with E-state index in [2.05, 4.69) is 13.8 Å². The van der Waals surface area contributed by atoms with Gasteiger partial charge in [0.15, 0.2) is 0 Å². The fraction of sp³-hybridized carbons (Fsp3) is 0.917. The molecule has 1 fully saturated rings. The first-order chi connectivity index (χ1) is 6.86. The van der Waals surface area contributed by atoms with Crippen molar-refractivity contribution in [3.8, 4) is 0 Å². The van der Waals surface area contributed by atoms with Crippen LogP contribution in [0.1, 0.15) is 41.0 Å². The minimum Gasteiger partial charge on any atom is -0.374 e. The molecular formula is C12H23NO2. The molecule has 2 atom stereocenters. The van der Waals surface area contributed by atoms with E-state index < -0.39 is 0 Å². The first-order valence-corrected chi connectivity index (χ1v) is 5.79. The molecule has 0 aliphatic carbocycles. The lowest BCUT2D eigenvalue weighted by molar-refractivity contribution is -0.152. The van der Waals surface area contributed by atoms with Crippen molar-refractivity contribution in [2.75, 3.05) is 13.2 Å². The molecule has 3 heteroatoms. The monoisotopic (exact) mass is 213 g/mol. The van der Waals surface area contributed by atoms with Crippen LogP contribution >= 0.6 is 0 Å². The van der Waals surface area contributed by atoms with Gasteiger partial charge in [-0.15, -0.1) is 0 Å². The van der Waals surface area contributed by atoms with Crippen LogP contribution in [0.4, 0.5) is 0 Å². The summed E-state index contributed by atoms with van der Waals surface area (Å²) in [6.45, 7) is 11.5. The predicted molar refractivity (Wildman–Crippen MR) is 60.7 cm³/mol. The first kappa shape index (κ1) is 12.5. The Kier molecular flexibility index (Phi) is 3.77. The molecule has 0 bridgehead atoms. The highest BCUT2D eigenvalue weighted by atomic mass is 16.5. The van der Waals surface area contributed by atoms with E-state index in [1.807, 2.05) is 25.7 Å². The number of amides is 1. The van der Waals surface area contributed by atoms with Crippen LogP contribution in [0.15, 0.2) is 0 Å². The van der Waals surface area contributed by atoms with Crippen molar-refractivity contribution in [3.63, 3.8) is 0 Å². The highest BCUT2D eigenvalue weighted by Gasteiger charge is 2.34. The van der Waals surface area contributed by atoms with Gasteiger partial charge in [-0.2, -0.15) is 0 Å². The molecule has 0 aromatic carbocycles. The van der Waals surface area contributed by atoms with Gasteiger partial charge in [0, 0.05) is 12.0 Å². The Bertz CT molecular complexity index is 232. The second kappa shape index (κ2) is 4.52. The number of morpholine rings is 1. The highest BCUT2D eigenvalue weighted by Crippen LogP contribution is 2.22. The zero-order valence-electron chi connectivity index (χ0n) is 10.5. The maximum absolute atomic E-state index is 12.2. The molecule has 0 aromatic heterocycles. The van der Waals surface area contributed by atoms with E-state index in [1.165, 1.54) is 0 Å². The number of ether oxygens (including phenoxy) is 1. The van der Waals surface area contributed by atoms with Crippen molar-refractivity contribution >= 4 is 5.91 Å². The average molecular weight is 213 g/mol. The summed E-state index contributed by atoms with van der Waals surface area (Å²) in [5.74, 6) is 0.233. The standard InChI is InChI=1S/C12H23NO2/c1-6-10-7-13(9(2)8-15-10)11(14)12(3,4)5/h9-10H,6-8H2,1-5H3. The van der Waals surface area contributed by atoms with Gasteiger partial charge >= 0.3 is 0 Å². The molecule has 0 spiro atoms. The third-order valence-corrected chi connectivity index (χ3v) is 2.86. The molecule has 1 rings (SSSR count). The van der Waals surface area contributed by atoms with Crippen LogP contribution in [-0.4, -0.2) is 36.1 Å². The van der Waals surface area contributed by atoms with E-state index in [0.29, 0.717) is 6.61 Å². The molecule has 88 valence electrons. The van der Waals surface area contributed by atoms with Gasteiger partial charge in [0.1, 0.15) is 0 Å².